The van der Waals surface area contributed by atoms with Crippen molar-refractivity contribution in [2.45, 2.75) is 43.9 Å². The lowest BCUT2D eigenvalue weighted by Gasteiger charge is -2.52. The first-order chi connectivity index (χ1) is 10.4. The van der Waals surface area contributed by atoms with Gasteiger partial charge in [-0.25, -0.2) is 0 Å². The monoisotopic (exact) mass is 274 g/mol. The van der Waals surface area contributed by atoms with Crippen molar-refractivity contribution < 1.29 is 0 Å². The summed E-state index contributed by atoms with van der Waals surface area (Å²) in [5, 5.41) is 0. The van der Waals surface area contributed by atoms with Crippen LogP contribution in [0.25, 0.3) is 0 Å². The van der Waals surface area contributed by atoms with Crippen LogP contribution in [0.3, 0.4) is 0 Å². The van der Waals surface area contributed by atoms with Gasteiger partial charge in [0.2, 0.25) is 0 Å². The van der Waals surface area contributed by atoms with Crippen LogP contribution in [0.4, 0.5) is 0 Å². The van der Waals surface area contributed by atoms with Gasteiger partial charge in [-0.05, 0) is 72.5 Å². The summed E-state index contributed by atoms with van der Waals surface area (Å²) in [4.78, 5) is 0. The largest absolute Gasteiger partial charge is 0.0760 e. The van der Waals surface area contributed by atoms with Crippen molar-refractivity contribution >= 4 is 0 Å². The molecular weight excluding hydrogens is 252 g/mol. The van der Waals surface area contributed by atoms with Crippen LogP contribution in [0, 0.1) is 23.7 Å². The molecule has 6 aliphatic rings. The molecule has 0 spiro atoms. The number of hydrogen-bond acceptors (Lipinski definition) is 0. The number of rotatable bonds is 0. The van der Waals surface area contributed by atoms with Crippen molar-refractivity contribution in [1.29, 1.82) is 0 Å². The Kier molecular flexibility index (Phi) is 2.00. The molecule has 6 bridgehead atoms. The van der Waals surface area contributed by atoms with Gasteiger partial charge in [-0.3, -0.25) is 0 Å². The molecule has 1 aromatic carbocycles. The van der Waals surface area contributed by atoms with Gasteiger partial charge < -0.3 is 0 Å². The van der Waals surface area contributed by atoms with Gasteiger partial charge in [-0.2, -0.15) is 0 Å². The summed E-state index contributed by atoms with van der Waals surface area (Å²) >= 11 is 0. The molecule has 0 aromatic heterocycles. The van der Waals surface area contributed by atoms with E-state index in [0.29, 0.717) is 11.8 Å². The lowest BCUT2D eigenvalue weighted by Crippen LogP contribution is -2.41. The van der Waals surface area contributed by atoms with Crippen LogP contribution in [0.15, 0.2) is 47.6 Å². The summed E-state index contributed by atoms with van der Waals surface area (Å²) < 4.78 is 0. The Balaban J connectivity index is 1.53. The number of fused-ring (bicyclic) bond motifs is 5. The van der Waals surface area contributed by atoms with E-state index in [2.05, 4.69) is 36.4 Å². The fourth-order valence-corrected chi connectivity index (χ4v) is 6.77. The lowest BCUT2D eigenvalue weighted by atomic mass is 9.53. The highest BCUT2D eigenvalue weighted by atomic mass is 14.5. The average Bonchev–Trinajstić information content (AvgIpc) is 3.03. The second-order valence-electron chi connectivity index (χ2n) is 8.18. The van der Waals surface area contributed by atoms with Gasteiger partial charge in [0.05, 0.1) is 0 Å². The average molecular weight is 274 g/mol. The summed E-state index contributed by atoms with van der Waals surface area (Å²) in [6, 6.07) is 9.21. The summed E-state index contributed by atoms with van der Waals surface area (Å²) in [6.45, 7) is 0. The Morgan fingerprint density at radius 3 is 1.67 bits per heavy atom. The highest BCUT2D eigenvalue weighted by Gasteiger charge is 2.49. The molecule has 2 atom stereocenters. The van der Waals surface area contributed by atoms with E-state index in [4.69, 9.17) is 0 Å². The van der Waals surface area contributed by atoms with Gasteiger partial charge in [0, 0.05) is 11.8 Å². The van der Waals surface area contributed by atoms with E-state index in [0.717, 1.165) is 23.7 Å². The van der Waals surface area contributed by atoms with Gasteiger partial charge in [0.1, 0.15) is 0 Å². The normalized spacial score (nSPS) is 44.8. The summed E-state index contributed by atoms with van der Waals surface area (Å²) in [6.07, 6.45) is 12.6. The molecule has 7 rings (SSSR count). The lowest BCUT2D eigenvalue weighted by molar-refractivity contribution is 0.0679. The van der Waals surface area contributed by atoms with Gasteiger partial charge in [0.15, 0.2) is 0 Å². The van der Waals surface area contributed by atoms with Crippen LogP contribution in [-0.2, 0) is 0 Å². The summed E-state index contributed by atoms with van der Waals surface area (Å²) in [5.74, 6) is 5.33. The summed E-state index contributed by atoms with van der Waals surface area (Å²) in [5.41, 5.74) is 7.01. The predicted molar refractivity (Wildman–Crippen MR) is 85.1 cm³/mol. The molecule has 2 unspecified atom stereocenters. The first-order valence-electron chi connectivity index (χ1n) is 8.89. The summed E-state index contributed by atoms with van der Waals surface area (Å²) in [7, 11) is 0. The van der Waals surface area contributed by atoms with Crippen molar-refractivity contribution in [2.75, 3.05) is 0 Å². The fourth-order valence-electron chi connectivity index (χ4n) is 6.77. The molecule has 0 nitrogen and oxygen atoms in total. The Morgan fingerprint density at radius 2 is 1.14 bits per heavy atom. The third-order valence-corrected chi connectivity index (χ3v) is 7.18. The first-order valence-corrected chi connectivity index (χ1v) is 8.89. The van der Waals surface area contributed by atoms with E-state index in [1.807, 2.05) is 11.1 Å². The maximum Gasteiger partial charge on any atom is 0.0243 e. The van der Waals surface area contributed by atoms with Crippen LogP contribution in [0.5, 0.6) is 0 Å². The number of benzene rings is 1. The minimum absolute atomic E-state index is 0.638. The smallest absolute Gasteiger partial charge is 0.0243 e. The van der Waals surface area contributed by atoms with Crippen molar-refractivity contribution in [3.63, 3.8) is 0 Å². The Morgan fingerprint density at radius 1 is 0.619 bits per heavy atom. The van der Waals surface area contributed by atoms with Gasteiger partial charge in [-0.1, -0.05) is 42.0 Å². The zero-order valence-corrected chi connectivity index (χ0v) is 12.5. The second-order valence-corrected chi connectivity index (χ2v) is 8.18. The quantitative estimate of drug-likeness (QED) is 0.571. The Labute approximate surface area is 126 Å². The van der Waals surface area contributed by atoms with E-state index in [9.17, 15) is 0 Å². The van der Waals surface area contributed by atoms with Crippen LogP contribution < -0.4 is 0 Å². The Bertz CT molecular complexity index is 625. The minimum Gasteiger partial charge on any atom is -0.0760 e. The molecule has 0 amide bonds. The van der Waals surface area contributed by atoms with Crippen LogP contribution in [0.2, 0.25) is 0 Å². The van der Waals surface area contributed by atoms with Gasteiger partial charge >= 0.3 is 0 Å². The van der Waals surface area contributed by atoms with Gasteiger partial charge in [0.25, 0.3) is 0 Å². The fraction of sp³-hybridized carbons (Fsp3) is 0.524. The molecule has 21 heavy (non-hydrogen) atoms. The van der Waals surface area contributed by atoms with E-state index in [1.54, 1.807) is 17.5 Å². The standard InChI is InChI=1S/C21H22/c1-2-4-17-16(3-1)18-5-6-19(17)21(18)20-14-8-12-7-13(10-14)11-15(20)9-12/h1-6,12-15,18-19H,7-11H2. The zero-order chi connectivity index (χ0) is 13.6. The number of allylic oxidation sites excluding steroid dienone is 4. The van der Waals surface area contributed by atoms with Gasteiger partial charge in [-0.15, -0.1) is 0 Å². The van der Waals surface area contributed by atoms with Crippen LogP contribution in [-0.4, -0.2) is 0 Å². The molecule has 0 heteroatoms. The van der Waals surface area contributed by atoms with Crippen molar-refractivity contribution in [1.82, 2.24) is 0 Å². The highest BCUT2D eigenvalue weighted by Crippen LogP contribution is 2.62. The molecule has 0 heterocycles. The third kappa shape index (κ3) is 1.33. The highest BCUT2D eigenvalue weighted by molar-refractivity contribution is 5.61. The van der Waals surface area contributed by atoms with Crippen LogP contribution >= 0.6 is 0 Å². The number of hydrogen-bond donors (Lipinski definition) is 0. The van der Waals surface area contributed by atoms with Crippen molar-refractivity contribution in [3.05, 3.63) is 58.7 Å². The van der Waals surface area contributed by atoms with E-state index in [-0.39, 0.29) is 0 Å². The molecule has 1 aromatic rings. The molecule has 0 radical (unpaired) electrons. The second kappa shape index (κ2) is 3.72. The molecule has 4 saturated carbocycles. The topological polar surface area (TPSA) is 0 Å². The Hall–Kier alpha value is -1.30. The van der Waals surface area contributed by atoms with Crippen LogP contribution in [0.1, 0.15) is 55.1 Å². The van der Waals surface area contributed by atoms with Crippen molar-refractivity contribution in [2.24, 2.45) is 23.7 Å². The van der Waals surface area contributed by atoms with E-state index < -0.39 is 0 Å². The molecule has 0 N–H and O–H groups in total. The van der Waals surface area contributed by atoms with Crippen molar-refractivity contribution in [3.8, 4) is 0 Å². The molecule has 4 fully saturated rings. The molecule has 0 saturated heterocycles. The molecule has 0 aliphatic heterocycles. The maximum absolute atomic E-state index is 2.50. The predicted octanol–water partition coefficient (Wildman–Crippen LogP) is 5.19. The van der Waals surface area contributed by atoms with E-state index in [1.165, 1.54) is 25.7 Å². The minimum atomic E-state index is 0.638. The molecule has 106 valence electrons. The molecular formula is C21H22. The zero-order valence-electron chi connectivity index (χ0n) is 12.5. The first kappa shape index (κ1) is 11.3. The molecule has 6 aliphatic carbocycles. The third-order valence-electron chi connectivity index (χ3n) is 7.18. The van der Waals surface area contributed by atoms with E-state index >= 15 is 0 Å². The SMILES string of the molecule is C1=CC2C(=C3C4CC5CC(C4)CC3C5)C1c1ccccc12. The maximum atomic E-state index is 2.50.